The van der Waals surface area contributed by atoms with Crippen LogP contribution < -0.4 is 5.32 Å². The molecule has 4 fully saturated rings. The molecule has 0 bridgehead atoms. The Morgan fingerprint density at radius 3 is 2.50 bits per heavy atom. The molecular formula is C22H38N4O4. The normalized spacial score (nSPS) is 32.7. The summed E-state index contributed by atoms with van der Waals surface area (Å²) in [4.78, 5) is 32.3. The van der Waals surface area contributed by atoms with E-state index in [1.54, 1.807) is 0 Å². The third-order valence-corrected chi connectivity index (χ3v) is 7.64. The Balaban J connectivity index is 1.38. The maximum Gasteiger partial charge on any atom is 0.324 e. The number of fused-ring (bicyclic) bond motifs is 1. The number of urea groups is 1. The van der Waals surface area contributed by atoms with Crippen LogP contribution in [0.15, 0.2) is 0 Å². The molecule has 4 rings (SSSR count). The van der Waals surface area contributed by atoms with E-state index in [-0.39, 0.29) is 23.9 Å². The largest absolute Gasteiger partial charge is 0.348 e. The summed E-state index contributed by atoms with van der Waals surface area (Å²) >= 11 is 0. The topological polar surface area (TPSA) is 74.4 Å². The molecule has 170 valence electrons. The van der Waals surface area contributed by atoms with Gasteiger partial charge in [0.15, 0.2) is 5.79 Å². The van der Waals surface area contributed by atoms with Crippen molar-refractivity contribution in [3.05, 3.63) is 0 Å². The molecule has 3 heterocycles. The van der Waals surface area contributed by atoms with Crippen LogP contribution in [-0.2, 0) is 14.3 Å². The zero-order chi connectivity index (χ0) is 21.3. The summed E-state index contributed by atoms with van der Waals surface area (Å²) in [6.45, 7) is 6.29. The van der Waals surface area contributed by atoms with Gasteiger partial charge in [0.05, 0.1) is 19.1 Å². The summed E-state index contributed by atoms with van der Waals surface area (Å²) in [6.07, 6.45) is 5.49. The van der Waals surface area contributed by atoms with Crippen LogP contribution in [0.4, 0.5) is 4.79 Å². The Kier molecular flexibility index (Phi) is 6.67. The molecule has 3 amide bonds. The average molecular weight is 423 g/mol. The van der Waals surface area contributed by atoms with Gasteiger partial charge in [-0.25, -0.2) is 4.79 Å². The highest BCUT2D eigenvalue weighted by molar-refractivity contribution is 5.95. The number of hydrogen-bond donors (Lipinski definition) is 1. The minimum atomic E-state index is -0.442. The van der Waals surface area contributed by atoms with Crippen LogP contribution in [0.25, 0.3) is 0 Å². The summed E-state index contributed by atoms with van der Waals surface area (Å²) < 4.78 is 11.9. The van der Waals surface area contributed by atoms with Crippen molar-refractivity contribution >= 4 is 11.9 Å². The minimum absolute atomic E-state index is 0.0406. The molecule has 1 aliphatic carbocycles. The predicted octanol–water partition coefficient (Wildman–Crippen LogP) is 1.50. The Bertz CT molecular complexity index is 631. The second-order valence-electron chi connectivity index (χ2n) is 9.66. The molecule has 0 aromatic heterocycles. The molecule has 4 aliphatic rings. The second-order valence-corrected chi connectivity index (χ2v) is 9.66. The molecule has 8 nitrogen and oxygen atoms in total. The van der Waals surface area contributed by atoms with Crippen LogP contribution in [-0.4, -0.2) is 98.0 Å². The molecule has 3 aliphatic heterocycles. The van der Waals surface area contributed by atoms with Crippen molar-refractivity contribution in [2.45, 2.75) is 63.3 Å². The number of rotatable bonds is 3. The molecule has 30 heavy (non-hydrogen) atoms. The van der Waals surface area contributed by atoms with Gasteiger partial charge in [0.2, 0.25) is 5.91 Å². The van der Waals surface area contributed by atoms with Crippen LogP contribution in [0.5, 0.6) is 0 Å². The van der Waals surface area contributed by atoms with E-state index in [0.29, 0.717) is 38.3 Å². The van der Waals surface area contributed by atoms with Crippen LogP contribution in [0, 0.1) is 11.8 Å². The fourth-order valence-corrected chi connectivity index (χ4v) is 5.95. The van der Waals surface area contributed by atoms with Crippen molar-refractivity contribution in [2.24, 2.45) is 11.8 Å². The molecule has 0 unspecified atom stereocenters. The van der Waals surface area contributed by atoms with E-state index >= 15 is 0 Å². The number of likely N-dealkylation sites (tertiary alicyclic amines) is 2. The van der Waals surface area contributed by atoms with E-state index in [1.165, 1.54) is 4.90 Å². The molecular weight excluding hydrogens is 384 g/mol. The average Bonchev–Trinajstić information content (AvgIpc) is 3.17. The standard InChI is InChI=1S/C22H38N4O4/c1-4-26(21(28)23-18-6-9-24(2)10-7-18)20(27)17-13-16-14-22(29-11-12-30-22)8-5-19(16)25(3)15-17/h16-19H,4-15H2,1-3H3,(H,23,28)/t16-,17-,19-/m1/s1. The number of carbonyl (C=O) groups is 2. The fourth-order valence-electron chi connectivity index (χ4n) is 5.95. The van der Waals surface area contributed by atoms with Crippen LogP contribution >= 0.6 is 0 Å². The van der Waals surface area contributed by atoms with Gasteiger partial charge in [0, 0.05) is 38.0 Å². The maximum atomic E-state index is 13.4. The number of hydrogen-bond acceptors (Lipinski definition) is 6. The summed E-state index contributed by atoms with van der Waals surface area (Å²) in [5.74, 6) is -0.277. The highest BCUT2D eigenvalue weighted by Gasteiger charge is 2.49. The number of carbonyl (C=O) groups excluding carboxylic acids is 2. The summed E-state index contributed by atoms with van der Waals surface area (Å²) in [5, 5.41) is 3.10. The lowest BCUT2D eigenvalue weighted by atomic mass is 9.72. The van der Waals surface area contributed by atoms with Crippen molar-refractivity contribution in [3.8, 4) is 0 Å². The van der Waals surface area contributed by atoms with E-state index in [4.69, 9.17) is 9.47 Å². The zero-order valence-corrected chi connectivity index (χ0v) is 18.8. The van der Waals surface area contributed by atoms with E-state index < -0.39 is 5.79 Å². The SMILES string of the molecule is CCN(C(=O)NC1CCN(C)CC1)C(=O)[C@@H]1C[C@@H]2CC3(CC[C@H]2N(C)C1)OCCO3. The fraction of sp³-hybridized carbons (Fsp3) is 0.909. The van der Waals surface area contributed by atoms with Gasteiger partial charge in [-0.1, -0.05) is 0 Å². The number of piperidine rings is 2. The number of nitrogens with one attached hydrogen (secondary N) is 1. The van der Waals surface area contributed by atoms with Crippen molar-refractivity contribution < 1.29 is 19.1 Å². The molecule has 0 aromatic carbocycles. The molecule has 3 atom stereocenters. The van der Waals surface area contributed by atoms with Gasteiger partial charge in [-0.3, -0.25) is 9.69 Å². The highest BCUT2D eigenvalue weighted by Crippen LogP contribution is 2.45. The monoisotopic (exact) mass is 422 g/mol. The van der Waals surface area contributed by atoms with E-state index in [1.807, 2.05) is 6.92 Å². The molecule has 0 aromatic rings. The Labute approximate surface area is 180 Å². The van der Waals surface area contributed by atoms with Gasteiger partial charge in [0.1, 0.15) is 0 Å². The van der Waals surface area contributed by atoms with Crippen molar-refractivity contribution in [1.29, 1.82) is 0 Å². The molecule has 1 N–H and O–H groups in total. The second kappa shape index (κ2) is 9.10. The highest BCUT2D eigenvalue weighted by atomic mass is 16.7. The van der Waals surface area contributed by atoms with Gasteiger partial charge < -0.3 is 24.6 Å². The van der Waals surface area contributed by atoms with Crippen molar-refractivity contribution in [2.75, 3.05) is 53.5 Å². The molecule has 3 saturated heterocycles. The van der Waals surface area contributed by atoms with E-state index in [9.17, 15) is 9.59 Å². The lowest BCUT2D eigenvalue weighted by molar-refractivity contribution is -0.202. The first-order chi connectivity index (χ1) is 14.4. The lowest BCUT2D eigenvalue weighted by Crippen LogP contribution is -2.57. The van der Waals surface area contributed by atoms with Gasteiger partial charge in [-0.05, 0) is 65.7 Å². The smallest absolute Gasteiger partial charge is 0.324 e. The van der Waals surface area contributed by atoms with Gasteiger partial charge in [-0.2, -0.15) is 0 Å². The zero-order valence-electron chi connectivity index (χ0n) is 18.8. The van der Waals surface area contributed by atoms with Crippen LogP contribution in [0.1, 0.15) is 45.4 Å². The lowest BCUT2D eigenvalue weighted by Gasteiger charge is -2.49. The van der Waals surface area contributed by atoms with Crippen LogP contribution in [0.3, 0.4) is 0 Å². The molecule has 1 saturated carbocycles. The first-order valence-electron chi connectivity index (χ1n) is 11.7. The van der Waals surface area contributed by atoms with Gasteiger partial charge >= 0.3 is 6.03 Å². The quantitative estimate of drug-likeness (QED) is 0.743. The van der Waals surface area contributed by atoms with E-state index in [2.05, 4.69) is 29.2 Å². The maximum absolute atomic E-state index is 13.4. The van der Waals surface area contributed by atoms with E-state index in [0.717, 1.165) is 51.6 Å². The molecule has 0 radical (unpaired) electrons. The Morgan fingerprint density at radius 2 is 1.83 bits per heavy atom. The summed E-state index contributed by atoms with van der Waals surface area (Å²) in [6, 6.07) is 0.392. The number of ether oxygens (including phenoxy) is 2. The predicted molar refractivity (Wildman–Crippen MR) is 113 cm³/mol. The first kappa shape index (κ1) is 22.0. The van der Waals surface area contributed by atoms with Gasteiger partial charge in [-0.15, -0.1) is 0 Å². The number of imide groups is 1. The summed E-state index contributed by atoms with van der Waals surface area (Å²) in [5.41, 5.74) is 0. The molecule has 1 spiro atoms. The summed E-state index contributed by atoms with van der Waals surface area (Å²) in [7, 11) is 4.21. The Hall–Kier alpha value is -1.22. The van der Waals surface area contributed by atoms with Crippen molar-refractivity contribution in [3.63, 3.8) is 0 Å². The Morgan fingerprint density at radius 1 is 1.13 bits per heavy atom. The van der Waals surface area contributed by atoms with Crippen LogP contribution in [0.2, 0.25) is 0 Å². The van der Waals surface area contributed by atoms with Crippen molar-refractivity contribution in [1.82, 2.24) is 20.0 Å². The number of nitrogens with zero attached hydrogens (tertiary/aromatic N) is 3. The third-order valence-electron chi connectivity index (χ3n) is 7.64. The third kappa shape index (κ3) is 4.52. The van der Waals surface area contributed by atoms with Gasteiger partial charge in [0.25, 0.3) is 0 Å². The first-order valence-corrected chi connectivity index (χ1v) is 11.7. The minimum Gasteiger partial charge on any atom is -0.348 e. The number of amides is 3. The molecule has 8 heteroatoms.